The molecule has 0 radical (unpaired) electrons. The first-order valence-electron chi connectivity index (χ1n) is 8.48. The second-order valence-corrected chi connectivity index (χ2v) is 7.62. The van der Waals surface area contributed by atoms with Crippen molar-refractivity contribution in [2.24, 2.45) is 17.3 Å². The molecule has 2 fully saturated rings. The van der Waals surface area contributed by atoms with Crippen molar-refractivity contribution in [1.29, 1.82) is 0 Å². The molecule has 0 heterocycles. The van der Waals surface area contributed by atoms with E-state index >= 15 is 0 Å². The molecule has 2 heteroatoms. The molecule has 0 amide bonds. The molecule has 0 bridgehead atoms. The van der Waals surface area contributed by atoms with Gasteiger partial charge in [0.1, 0.15) is 5.75 Å². The van der Waals surface area contributed by atoms with Crippen LogP contribution < -0.4 is 4.74 Å². The zero-order valence-electron chi connectivity index (χ0n) is 13.1. The Hall–Kier alpha value is -1.02. The zero-order valence-corrected chi connectivity index (χ0v) is 13.1. The van der Waals surface area contributed by atoms with Crippen molar-refractivity contribution in [2.75, 3.05) is 7.11 Å². The van der Waals surface area contributed by atoms with Crippen molar-refractivity contribution in [3.8, 4) is 5.75 Å². The Labute approximate surface area is 127 Å². The Morgan fingerprint density at radius 2 is 2.05 bits per heavy atom. The summed E-state index contributed by atoms with van der Waals surface area (Å²) < 4.78 is 5.38. The topological polar surface area (TPSA) is 29.5 Å². The molecular weight excluding hydrogens is 260 g/mol. The molecule has 1 aromatic rings. The van der Waals surface area contributed by atoms with Crippen molar-refractivity contribution in [3.05, 3.63) is 29.3 Å². The Morgan fingerprint density at radius 3 is 2.86 bits per heavy atom. The standard InChI is InChI=1S/C19H26O2/c1-19-10-9-15-14-6-4-13(21-2)11-12(14)3-5-16(15)17(19)7-8-18(19)20/h4,6,11,15-18,20H,3,5,7-10H2,1-2H3/t15?,16?,17?,18-,19-/m0/s1. The van der Waals surface area contributed by atoms with Gasteiger partial charge in [0, 0.05) is 0 Å². The minimum atomic E-state index is -0.0688. The third kappa shape index (κ3) is 1.88. The number of hydrogen-bond donors (Lipinski definition) is 1. The van der Waals surface area contributed by atoms with Crippen LogP contribution in [0.25, 0.3) is 0 Å². The molecule has 0 spiro atoms. The summed E-state index contributed by atoms with van der Waals surface area (Å²) in [6.45, 7) is 2.34. The summed E-state index contributed by atoms with van der Waals surface area (Å²) >= 11 is 0. The minimum Gasteiger partial charge on any atom is -0.497 e. The molecule has 3 aliphatic carbocycles. The van der Waals surface area contributed by atoms with Gasteiger partial charge in [-0.1, -0.05) is 13.0 Å². The van der Waals surface area contributed by atoms with Crippen LogP contribution in [0.2, 0.25) is 0 Å². The summed E-state index contributed by atoms with van der Waals surface area (Å²) in [5, 5.41) is 10.4. The van der Waals surface area contributed by atoms with E-state index in [9.17, 15) is 5.11 Å². The number of fused-ring (bicyclic) bond motifs is 5. The summed E-state index contributed by atoms with van der Waals surface area (Å²) in [6.07, 6.45) is 7.07. The number of rotatable bonds is 1. The maximum Gasteiger partial charge on any atom is 0.119 e. The number of methoxy groups -OCH3 is 1. The molecule has 0 aliphatic heterocycles. The van der Waals surface area contributed by atoms with Crippen molar-refractivity contribution in [1.82, 2.24) is 0 Å². The largest absolute Gasteiger partial charge is 0.497 e. The highest BCUT2D eigenvalue weighted by molar-refractivity contribution is 5.40. The first kappa shape index (κ1) is 13.6. The molecule has 114 valence electrons. The molecule has 0 aromatic heterocycles. The second kappa shape index (κ2) is 4.74. The lowest BCUT2D eigenvalue weighted by molar-refractivity contribution is -0.0226. The number of ether oxygens (including phenoxy) is 1. The molecule has 2 nitrogen and oxygen atoms in total. The van der Waals surface area contributed by atoms with E-state index < -0.39 is 0 Å². The predicted octanol–water partition coefficient (Wildman–Crippen LogP) is 3.91. The van der Waals surface area contributed by atoms with Crippen LogP contribution in [0.1, 0.15) is 56.1 Å². The van der Waals surface area contributed by atoms with Crippen LogP contribution in [0.15, 0.2) is 18.2 Å². The van der Waals surface area contributed by atoms with Crippen molar-refractivity contribution >= 4 is 0 Å². The van der Waals surface area contributed by atoms with Gasteiger partial charge in [0.2, 0.25) is 0 Å². The lowest BCUT2D eigenvalue weighted by Crippen LogP contribution is -2.43. The third-order valence-corrected chi connectivity index (χ3v) is 6.88. The van der Waals surface area contributed by atoms with E-state index in [1.165, 1.54) is 37.7 Å². The molecule has 0 saturated heterocycles. The maximum absolute atomic E-state index is 10.4. The first-order chi connectivity index (χ1) is 10.1. The summed E-state index contributed by atoms with van der Waals surface area (Å²) in [4.78, 5) is 0. The Kier molecular flexibility index (Phi) is 3.08. The monoisotopic (exact) mass is 286 g/mol. The molecule has 3 aliphatic rings. The van der Waals surface area contributed by atoms with Gasteiger partial charge in [-0.05, 0) is 85.0 Å². The van der Waals surface area contributed by atoms with Gasteiger partial charge < -0.3 is 9.84 Å². The highest BCUT2D eigenvalue weighted by Crippen LogP contribution is 2.60. The fourth-order valence-corrected chi connectivity index (χ4v) is 5.66. The summed E-state index contributed by atoms with van der Waals surface area (Å²) in [7, 11) is 1.75. The van der Waals surface area contributed by atoms with Crippen LogP contribution in [-0.2, 0) is 6.42 Å². The van der Waals surface area contributed by atoms with Gasteiger partial charge in [-0.2, -0.15) is 0 Å². The number of benzene rings is 1. The fraction of sp³-hybridized carbons (Fsp3) is 0.684. The summed E-state index contributed by atoms with van der Waals surface area (Å²) in [5.74, 6) is 3.20. The lowest BCUT2D eigenvalue weighted by atomic mass is 9.55. The van der Waals surface area contributed by atoms with E-state index in [1.54, 1.807) is 12.7 Å². The maximum atomic E-state index is 10.4. The Balaban J connectivity index is 1.68. The third-order valence-electron chi connectivity index (χ3n) is 6.88. The van der Waals surface area contributed by atoms with Crippen LogP contribution in [0, 0.1) is 17.3 Å². The number of hydrogen-bond acceptors (Lipinski definition) is 2. The van der Waals surface area contributed by atoms with Gasteiger partial charge in [-0.15, -0.1) is 0 Å². The normalized spacial score (nSPS) is 41.1. The van der Waals surface area contributed by atoms with Crippen LogP contribution in [0.5, 0.6) is 5.75 Å². The van der Waals surface area contributed by atoms with E-state index in [2.05, 4.69) is 25.1 Å². The van der Waals surface area contributed by atoms with Crippen molar-refractivity contribution in [2.45, 2.75) is 57.5 Å². The summed E-state index contributed by atoms with van der Waals surface area (Å²) in [6, 6.07) is 6.67. The molecule has 1 N–H and O–H groups in total. The molecule has 5 atom stereocenters. The number of aliphatic hydroxyl groups is 1. The highest BCUT2D eigenvalue weighted by Gasteiger charge is 2.54. The Morgan fingerprint density at radius 1 is 1.19 bits per heavy atom. The molecule has 2 saturated carbocycles. The van der Waals surface area contributed by atoms with Crippen LogP contribution in [0.4, 0.5) is 0 Å². The van der Waals surface area contributed by atoms with Crippen molar-refractivity contribution in [3.63, 3.8) is 0 Å². The van der Waals surface area contributed by atoms with Gasteiger partial charge in [0.25, 0.3) is 0 Å². The fourth-order valence-electron chi connectivity index (χ4n) is 5.66. The van der Waals surface area contributed by atoms with E-state index in [1.807, 2.05) is 0 Å². The second-order valence-electron chi connectivity index (χ2n) is 7.62. The summed E-state index contributed by atoms with van der Waals surface area (Å²) in [5.41, 5.74) is 3.25. The first-order valence-corrected chi connectivity index (χ1v) is 8.48. The number of aryl methyl sites for hydroxylation is 1. The minimum absolute atomic E-state index is 0.0688. The van der Waals surface area contributed by atoms with Gasteiger partial charge in [-0.25, -0.2) is 0 Å². The Bertz CT molecular complexity index is 552. The SMILES string of the molecule is COc1ccc2c(c1)CCC1C2CC[C@@]2(C)C1CC[C@@H]2O. The van der Waals surface area contributed by atoms with Gasteiger partial charge in [0.05, 0.1) is 13.2 Å². The van der Waals surface area contributed by atoms with Crippen LogP contribution in [0.3, 0.4) is 0 Å². The quantitative estimate of drug-likeness (QED) is 0.848. The van der Waals surface area contributed by atoms with Crippen LogP contribution in [-0.4, -0.2) is 18.3 Å². The number of aliphatic hydroxyl groups excluding tert-OH is 1. The van der Waals surface area contributed by atoms with Gasteiger partial charge in [-0.3, -0.25) is 0 Å². The highest BCUT2D eigenvalue weighted by atomic mass is 16.5. The predicted molar refractivity (Wildman–Crippen MR) is 83.6 cm³/mol. The van der Waals surface area contributed by atoms with E-state index in [4.69, 9.17) is 4.74 Å². The van der Waals surface area contributed by atoms with E-state index in [0.29, 0.717) is 5.92 Å². The average Bonchev–Trinajstić information content (AvgIpc) is 2.82. The smallest absolute Gasteiger partial charge is 0.119 e. The molecule has 4 rings (SSSR count). The van der Waals surface area contributed by atoms with Gasteiger partial charge in [0.15, 0.2) is 0 Å². The van der Waals surface area contributed by atoms with Crippen molar-refractivity contribution < 1.29 is 9.84 Å². The molecule has 3 unspecified atom stereocenters. The molecule has 1 aromatic carbocycles. The lowest BCUT2D eigenvalue weighted by Gasteiger charge is -2.50. The average molecular weight is 286 g/mol. The molecular formula is C19H26O2. The van der Waals surface area contributed by atoms with Gasteiger partial charge >= 0.3 is 0 Å². The van der Waals surface area contributed by atoms with Crippen LogP contribution >= 0.6 is 0 Å². The van der Waals surface area contributed by atoms with E-state index in [-0.39, 0.29) is 11.5 Å². The van der Waals surface area contributed by atoms with E-state index in [0.717, 1.165) is 24.0 Å². The molecule has 21 heavy (non-hydrogen) atoms. The zero-order chi connectivity index (χ0) is 14.6.